The van der Waals surface area contributed by atoms with Crippen LogP contribution in [0.25, 0.3) is 10.9 Å². The van der Waals surface area contributed by atoms with Crippen LogP contribution in [-0.4, -0.2) is 19.7 Å². The van der Waals surface area contributed by atoms with Crippen LogP contribution in [0.1, 0.15) is 17.4 Å². The van der Waals surface area contributed by atoms with Gasteiger partial charge in [0.05, 0.1) is 6.04 Å². The number of H-pyrrole nitrogens is 2. The molecule has 0 fully saturated rings. The maximum Gasteiger partial charge on any atom is 0.343 e. The number of nitrogens with two attached hydrogens (primary N) is 1. The Labute approximate surface area is 109 Å². The van der Waals surface area contributed by atoms with Gasteiger partial charge < -0.3 is 10.7 Å². The second kappa shape index (κ2) is 4.40. The fraction of sp³-hybridized carbons (Fsp3) is 0.231. The van der Waals surface area contributed by atoms with Gasteiger partial charge in [-0.1, -0.05) is 18.2 Å². The number of para-hydroxylation sites is 1. The maximum atomic E-state index is 11.3. The molecule has 6 heteroatoms. The van der Waals surface area contributed by atoms with Crippen LogP contribution in [-0.2, 0) is 13.5 Å². The third kappa shape index (κ3) is 1.96. The van der Waals surface area contributed by atoms with E-state index in [1.54, 1.807) is 7.05 Å². The lowest BCUT2D eigenvalue weighted by Gasteiger charge is -2.09. The van der Waals surface area contributed by atoms with Gasteiger partial charge in [-0.15, -0.1) is 0 Å². The van der Waals surface area contributed by atoms with Gasteiger partial charge in [-0.05, 0) is 18.1 Å². The van der Waals surface area contributed by atoms with Gasteiger partial charge in [-0.25, -0.2) is 9.89 Å². The van der Waals surface area contributed by atoms with Crippen molar-refractivity contribution in [3.8, 4) is 0 Å². The largest absolute Gasteiger partial charge is 0.361 e. The van der Waals surface area contributed by atoms with Crippen molar-refractivity contribution in [1.82, 2.24) is 19.7 Å². The van der Waals surface area contributed by atoms with Gasteiger partial charge in [0.15, 0.2) is 5.82 Å². The van der Waals surface area contributed by atoms with Gasteiger partial charge in [0, 0.05) is 24.1 Å². The van der Waals surface area contributed by atoms with E-state index in [9.17, 15) is 4.79 Å². The summed E-state index contributed by atoms with van der Waals surface area (Å²) in [6, 6.07) is 7.74. The summed E-state index contributed by atoms with van der Waals surface area (Å²) >= 11 is 0. The molecule has 0 radical (unpaired) electrons. The zero-order chi connectivity index (χ0) is 13.4. The molecule has 0 bridgehead atoms. The summed E-state index contributed by atoms with van der Waals surface area (Å²) in [7, 11) is 1.66. The Bertz CT molecular complexity index is 767. The van der Waals surface area contributed by atoms with E-state index in [1.807, 2.05) is 24.4 Å². The molecule has 2 heterocycles. The topological polar surface area (TPSA) is 92.5 Å². The second-order valence-corrected chi connectivity index (χ2v) is 4.62. The van der Waals surface area contributed by atoms with Crippen molar-refractivity contribution in [3.05, 3.63) is 52.3 Å². The summed E-state index contributed by atoms with van der Waals surface area (Å²) in [5.41, 5.74) is 8.10. The number of fused-ring (bicyclic) bond motifs is 1. The quantitative estimate of drug-likeness (QED) is 0.649. The van der Waals surface area contributed by atoms with Gasteiger partial charge in [0.2, 0.25) is 0 Å². The van der Waals surface area contributed by atoms with Crippen LogP contribution in [0.15, 0.2) is 35.3 Å². The van der Waals surface area contributed by atoms with Gasteiger partial charge in [0.25, 0.3) is 0 Å². The third-order valence-corrected chi connectivity index (χ3v) is 3.36. The molecule has 3 rings (SSSR count). The lowest BCUT2D eigenvalue weighted by molar-refractivity contribution is 0.627. The molecule has 0 saturated heterocycles. The Morgan fingerprint density at radius 2 is 2.21 bits per heavy atom. The van der Waals surface area contributed by atoms with Gasteiger partial charge in [-0.2, -0.15) is 5.10 Å². The van der Waals surface area contributed by atoms with Crippen molar-refractivity contribution in [2.75, 3.05) is 0 Å². The molecule has 1 atom stereocenters. The normalized spacial score (nSPS) is 12.9. The molecule has 3 aromatic rings. The molecule has 0 aliphatic heterocycles. The van der Waals surface area contributed by atoms with E-state index in [0.29, 0.717) is 12.2 Å². The number of nitrogens with zero attached hydrogens (tertiary/aromatic N) is 2. The molecular weight excluding hydrogens is 242 g/mol. The molecular formula is C13H15N5O. The molecule has 4 N–H and O–H groups in total. The summed E-state index contributed by atoms with van der Waals surface area (Å²) in [5, 5.41) is 7.52. The minimum absolute atomic E-state index is 0.246. The van der Waals surface area contributed by atoms with Crippen molar-refractivity contribution in [2.24, 2.45) is 12.8 Å². The minimum Gasteiger partial charge on any atom is -0.361 e. The average Bonchev–Trinajstić information content (AvgIpc) is 2.96. The Kier molecular flexibility index (Phi) is 2.72. The first-order chi connectivity index (χ1) is 9.16. The number of nitrogens with one attached hydrogen (secondary N) is 2. The van der Waals surface area contributed by atoms with Crippen molar-refractivity contribution >= 4 is 10.9 Å². The van der Waals surface area contributed by atoms with E-state index in [2.05, 4.69) is 21.2 Å². The molecule has 98 valence electrons. The summed E-state index contributed by atoms with van der Waals surface area (Å²) in [6.07, 6.45) is 2.58. The number of benzene rings is 1. The molecule has 2 aromatic heterocycles. The molecule has 6 nitrogen and oxygen atoms in total. The van der Waals surface area contributed by atoms with E-state index < -0.39 is 0 Å². The summed E-state index contributed by atoms with van der Waals surface area (Å²) in [6.45, 7) is 0. The van der Waals surface area contributed by atoms with Crippen LogP contribution >= 0.6 is 0 Å². The first kappa shape index (κ1) is 11.7. The van der Waals surface area contributed by atoms with Crippen LogP contribution in [0.3, 0.4) is 0 Å². The number of aromatic nitrogens is 4. The molecule has 19 heavy (non-hydrogen) atoms. The fourth-order valence-corrected chi connectivity index (χ4v) is 2.32. The third-order valence-electron chi connectivity index (χ3n) is 3.36. The Balaban J connectivity index is 1.93. The highest BCUT2D eigenvalue weighted by Gasteiger charge is 2.16. The highest BCUT2D eigenvalue weighted by molar-refractivity contribution is 5.83. The van der Waals surface area contributed by atoms with Gasteiger partial charge >= 0.3 is 5.69 Å². The van der Waals surface area contributed by atoms with E-state index in [1.165, 1.54) is 4.57 Å². The van der Waals surface area contributed by atoms with Crippen LogP contribution < -0.4 is 11.4 Å². The Morgan fingerprint density at radius 3 is 2.95 bits per heavy atom. The first-order valence-electron chi connectivity index (χ1n) is 6.08. The first-order valence-corrected chi connectivity index (χ1v) is 6.08. The van der Waals surface area contributed by atoms with Crippen LogP contribution in [0.5, 0.6) is 0 Å². The molecule has 0 amide bonds. The summed E-state index contributed by atoms with van der Waals surface area (Å²) in [5.74, 6) is 0.565. The zero-order valence-electron chi connectivity index (χ0n) is 10.6. The van der Waals surface area contributed by atoms with E-state index in [0.717, 1.165) is 16.5 Å². The van der Waals surface area contributed by atoms with Crippen molar-refractivity contribution < 1.29 is 0 Å². The Morgan fingerprint density at radius 1 is 1.42 bits per heavy atom. The van der Waals surface area contributed by atoms with Crippen molar-refractivity contribution in [1.29, 1.82) is 0 Å². The average molecular weight is 257 g/mol. The smallest absolute Gasteiger partial charge is 0.343 e. The standard InChI is InChI=1S/C13H15N5O/c1-18-12(16-17-13(18)19)10(14)6-8-7-15-11-5-3-2-4-9(8)11/h2-5,7,10,15H,6,14H2,1H3,(H,17,19)/t10-/m0/s1. The molecule has 0 saturated carbocycles. The lowest BCUT2D eigenvalue weighted by Crippen LogP contribution is -2.21. The van der Waals surface area contributed by atoms with Crippen LogP contribution in [0, 0.1) is 0 Å². The van der Waals surface area contributed by atoms with Crippen LogP contribution in [0.2, 0.25) is 0 Å². The minimum atomic E-state index is -0.317. The second-order valence-electron chi connectivity index (χ2n) is 4.62. The Hall–Kier alpha value is -2.34. The van der Waals surface area contributed by atoms with Crippen molar-refractivity contribution in [3.63, 3.8) is 0 Å². The number of hydrogen-bond acceptors (Lipinski definition) is 3. The number of rotatable bonds is 3. The highest BCUT2D eigenvalue weighted by Crippen LogP contribution is 2.21. The van der Waals surface area contributed by atoms with Gasteiger partial charge in [-0.3, -0.25) is 4.57 Å². The molecule has 1 aromatic carbocycles. The molecule has 0 unspecified atom stereocenters. The van der Waals surface area contributed by atoms with Crippen molar-refractivity contribution in [2.45, 2.75) is 12.5 Å². The maximum absolute atomic E-state index is 11.3. The predicted octanol–water partition coefficient (Wildman–Crippen LogP) is 0.832. The molecule has 0 aliphatic carbocycles. The fourth-order valence-electron chi connectivity index (χ4n) is 2.32. The van der Waals surface area contributed by atoms with E-state index >= 15 is 0 Å². The van der Waals surface area contributed by atoms with Gasteiger partial charge in [0.1, 0.15) is 0 Å². The SMILES string of the molecule is Cn1c([C@@H](N)Cc2c[nH]c3ccccc23)n[nH]c1=O. The number of aromatic amines is 2. The summed E-state index contributed by atoms with van der Waals surface area (Å²) in [4.78, 5) is 14.6. The predicted molar refractivity (Wildman–Crippen MR) is 72.8 cm³/mol. The monoisotopic (exact) mass is 257 g/mol. The summed E-state index contributed by atoms with van der Waals surface area (Å²) < 4.78 is 1.44. The van der Waals surface area contributed by atoms with E-state index in [-0.39, 0.29) is 11.7 Å². The van der Waals surface area contributed by atoms with Crippen LogP contribution in [0.4, 0.5) is 0 Å². The molecule has 0 aliphatic rings. The molecule has 0 spiro atoms. The highest BCUT2D eigenvalue weighted by atomic mass is 16.1. The van der Waals surface area contributed by atoms with E-state index in [4.69, 9.17) is 5.73 Å². The zero-order valence-corrected chi connectivity index (χ0v) is 10.6. The number of hydrogen-bond donors (Lipinski definition) is 3. The lowest BCUT2D eigenvalue weighted by atomic mass is 10.1.